The lowest BCUT2D eigenvalue weighted by Crippen LogP contribution is -2.50. The molecule has 2 heterocycles. The number of rotatable bonds is 4. The van der Waals surface area contributed by atoms with Gasteiger partial charge in [0.15, 0.2) is 0 Å². The summed E-state index contributed by atoms with van der Waals surface area (Å²) in [6.07, 6.45) is 1.31. The maximum Gasteiger partial charge on any atom is 0.414 e. The number of nitrogens with one attached hydrogen (secondary N) is 1. The molecule has 6 nitrogen and oxygen atoms in total. The van der Waals surface area contributed by atoms with Crippen LogP contribution in [0.3, 0.4) is 0 Å². The van der Waals surface area contributed by atoms with Crippen molar-refractivity contribution in [2.75, 3.05) is 29.9 Å². The number of piperidine rings is 1. The van der Waals surface area contributed by atoms with Crippen molar-refractivity contribution in [1.82, 2.24) is 4.90 Å². The number of carbonyl (C=O) groups excluding carboxylic acids is 2. The van der Waals surface area contributed by atoms with Crippen LogP contribution in [-0.4, -0.2) is 42.6 Å². The second-order valence-corrected chi connectivity index (χ2v) is 8.00. The summed E-state index contributed by atoms with van der Waals surface area (Å²) in [6, 6.07) is 13.4. The molecule has 2 amide bonds. The Morgan fingerprint density at radius 2 is 1.97 bits per heavy atom. The number of ether oxygens (including phenoxy) is 1. The topological polar surface area (TPSA) is 61.9 Å². The van der Waals surface area contributed by atoms with Gasteiger partial charge in [-0.2, -0.15) is 0 Å². The van der Waals surface area contributed by atoms with Crippen LogP contribution in [0.1, 0.15) is 24.0 Å². The van der Waals surface area contributed by atoms with Gasteiger partial charge in [0.05, 0.1) is 22.9 Å². The van der Waals surface area contributed by atoms with Crippen molar-refractivity contribution in [1.29, 1.82) is 0 Å². The minimum Gasteiger partial charge on any atom is -0.444 e. The second-order valence-electron chi connectivity index (χ2n) is 7.59. The van der Waals surface area contributed by atoms with Crippen LogP contribution in [0.25, 0.3) is 0 Å². The third-order valence-corrected chi connectivity index (χ3v) is 5.81. The predicted molar refractivity (Wildman–Crippen MR) is 113 cm³/mol. The van der Waals surface area contributed by atoms with Crippen LogP contribution in [0, 0.1) is 6.92 Å². The van der Waals surface area contributed by atoms with E-state index in [1.807, 2.05) is 31.2 Å². The van der Waals surface area contributed by atoms with Gasteiger partial charge in [-0.1, -0.05) is 41.4 Å². The number of para-hydroxylation sites is 1. The number of aryl methyl sites for hydroxylation is 1. The number of amides is 2. The van der Waals surface area contributed by atoms with Gasteiger partial charge in [-0.15, -0.1) is 0 Å². The molecule has 2 aromatic rings. The fourth-order valence-electron chi connectivity index (χ4n) is 4.01. The quantitative estimate of drug-likeness (QED) is 0.815. The Bertz CT molecular complexity index is 925. The van der Waals surface area contributed by atoms with Crippen molar-refractivity contribution in [3.8, 4) is 0 Å². The first-order chi connectivity index (χ1) is 14.0. The van der Waals surface area contributed by atoms with Crippen LogP contribution in [0.15, 0.2) is 42.5 Å². The Morgan fingerprint density at radius 3 is 2.72 bits per heavy atom. The zero-order chi connectivity index (χ0) is 20.4. The summed E-state index contributed by atoms with van der Waals surface area (Å²) in [6.45, 7) is 4.15. The van der Waals surface area contributed by atoms with Gasteiger partial charge in [0.25, 0.3) is 0 Å². The molecule has 152 valence electrons. The maximum absolute atomic E-state index is 12.4. The van der Waals surface area contributed by atoms with E-state index in [0.29, 0.717) is 23.9 Å². The van der Waals surface area contributed by atoms with Gasteiger partial charge in [0.1, 0.15) is 6.61 Å². The molecule has 2 aromatic carbocycles. The van der Waals surface area contributed by atoms with Gasteiger partial charge in [-0.05, 0) is 38.0 Å². The van der Waals surface area contributed by atoms with E-state index in [-0.39, 0.29) is 18.0 Å². The number of likely N-dealkylation sites (tertiary alicyclic amines) is 1. The van der Waals surface area contributed by atoms with E-state index in [1.54, 1.807) is 17.0 Å². The van der Waals surface area contributed by atoms with E-state index < -0.39 is 0 Å². The average molecular weight is 414 g/mol. The number of fused-ring (bicyclic) bond motifs is 1. The van der Waals surface area contributed by atoms with E-state index in [9.17, 15) is 9.59 Å². The van der Waals surface area contributed by atoms with Gasteiger partial charge in [-0.25, -0.2) is 4.79 Å². The molecule has 0 aliphatic carbocycles. The molecule has 1 N–H and O–H groups in total. The Kier molecular flexibility index (Phi) is 5.74. The van der Waals surface area contributed by atoms with Crippen molar-refractivity contribution in [2.45, 2.75) is 32.4 Å². The average Bonchev–Trinajstić information content (AvgIpc) is 2.71. The Balaban J connectivity index is 1.36. The van der Waals surface area contributed by atoms with Gasteiger partial charge >= 0.3 is 6.09 Å². The number of nitrogens with zero attached hydrogens (tertiary/aromatic N) is 2. The molecule has 0 saturated carbocycles. The highest BCUT2D eigenvalue weighted by Crippen LogP contribution is 2.32. The van der Waals surface area contributed by atoms with Crippen LogP contribution >= 0.6 is 11.6 Å². The van der Waals surface area contributed by atoms with Crippen molar-refractivity contribution in [3.05, 3.63) is 58.6 Å². The van der Waals surface area contributed by atoms with E-state index in [1.165, 1.54) is 0 Å². The summed E-state index contributed by atoms with van der Waals surface area (Å²) in [4.78, 5) is 28.7. The minimum absolute atomic E-state index is 0.0761. The van der Waals surface area contributed by atoms with Crippen molar-refractivity contribution < 1.29 is 14.3 Å². The predicted octanol–water partition coefficient (Wildman–Crippen LogP) is 4.21. The summed E-state index contributed by atoms with van der Waals surface area (Å²) in [7, 11) is 0. The lowest BCUT2D eigenvalue weighted by atomic mass is 10.00. The molecule has 2 aliphatic heterocycles. The van der Waals surface area contributed by atoms with Crippen LogP contribution in [-0.2, 0) is 16.1 Å². The highest BCUT2D eigenvalue weighted by Gasteiger charge is 2.34. The normalized spacial score (nSPS) is 17.6. The maximum atomic E-state index is 12.4. The SMILES string of the molecule is Cc1ccc2c(c1)COC(=O)N2C1CCN(CC(=O)Nc2ccccc2Cl)CC1. The molecule has 7 heteroatoms. The third kappa shape index (κ3) is 4.38. The monoisotopic (exact) mass is 413 g/mol. The standard InChI is InChI=1S/C22H24ClN3O3/c1-15-6-7-20-16(12-15)14-29-22(28)26(20)17-8-10-25(11-9-17)13-21(27)24-19-5-3-2-4-18(19)23/h2-7,12,17H,8-11,13-14H2,1H3,(H,24,27). The van der Waals surface area contributed by atoms with Gasteiger partial charge in [-0.3, -0.25) is 14.6 Å². The highest BCUT2D eigenvalue weighted by atomic mass is 35.5. The number of anilines is 2. The zero-order valence-corrected chi connectivity index (χ0v) is 17.1. The van der Waals surface area contributed by atoms with Crippen molar-refractivity contribution in [2.24, 2.45) is 0 Å². The van der Waals surface area contributed by atoms with Crippen molar-refractivity contribution in [3.63, 3.8) is 0 Å². The van der Waals surface area contributed by atoms with E-state index in [2.05, 4.69) is 16.3 Å². The Labute approximate surface area is 175 Å². The molecule has 1 fully saturated rings. The van der Waals surface area contributed by atoms with Gasteiger partial charge in [0.2, 0.25) is 5.91 Å². The zero-order valence-electron chi connectivity index (χ0n) is 16.4. The molecule has 0 radical (unpaired) electrons. The second kappa shape index (κ2) is 8.43. The Morgan fingerprint density at radius 1 is 1.21 bits per heavy atom. The summed E-state index contributed by atoms with van der Waals surface area (Å²) < 4.78 is 5.39. The first-order valence-electron chi connectivity index (χ1n) is 9.83. The summed E-state index contributed by atoms with van der Waals surface area (Å²) in [5.41, 5.74) is 3.77. The van der Waals surface area contributed by atoms with E-state index in [4.69, 9.17) is 16.3 Å². The lowest BCUT2D eigenvalue weighted by Gasteiger charge is -2.40. The number of benzene rings is 2. The molecule has 0 unspecified atom stereocenters. The van der Waals surface area contributed by atoms with E-state index >= 15 is 0 Å². The number of hydrogen-bond acceptors (Lipinski definition) is 4. The summed E-state index contributed by atoms with van der Waals surface area (Å²) in [5, 5.41) is 3.39. The first-order valence-corrected chi connectivity index (χ1v) is 10.2. The summed E-state index contributed by atoms with van der Waals surface area (Å²) in [5.74, 6) is -0.0882. The summed E-state index contributed by atoms with van der Waals surface area (Å²) >= 11 is 6.10. The van der Waals surface area contributed by atoms with Gasteiger partial charge < -0.3 is 10.1 Å². The fraction of sp³-hybridized carbons (Fsp3) is 0.364. The smallest absolute Gasteiger partial charge is 0.414 e. The third-order valence-electron chi connectivity index (χ3n) is 5.48. The number of carbonyl (C=O) groups is 2. The number of hydrogen-bond donors (Lipinski definition) is 1. The molecular weight excluding hydrogens is 390 g/mol. The lowest BCUT2D eigenvalue weighted by molar-refractivity contribution is -0.117. The number of halogens is 1. The highest BCUT2D eigenvalue weighted by molar-refractivity contribution is 6.33. The molecule has 29 heavy (non-hydrogen) atoms. The molecular formula is C22H24ClN3O3. The first kappa shape index (κ1) is 19.7. The largest absolute Gasteiger partial charge is 0.444 e. The molecule has 2 aliphatic rings. The molecule has 0 spiro atoms. The van der Waals surface area contributed by atoms with Gasteiger partial charge in [0, 0.05) is 24.7 Å². The van der Waals surface area contributed by atoms with Crippen molar-refractivity contribution >= 4 is 35.0 Å². The molecule has 1 saturated heterocycles. The van der Waals surface area contributed by atoms with Crippen LogP contribution in [0.4, 0.5) is 16.2 Å². The molecule has 0 atom stereocenters. The fourth-order valence-corrected chi connectivity index (χ4v) is 4.19. The van der Waals surface area contributed by atoms with Crippen LogP contribution in [0.2, 0.25) is 5.02 Å². The van der Waals surface area contributed by atoms with Crippen LogP contribution in [0.5, 0.6) is 0 Å². The van der Waals surface area contributed by atoms with Crippen LogP contribution < -0.4 is 10.2 Å². The minimum atomic E-state index is -0.281. The molecule has 0 aromatic heterocycles. The van der Waals surface area contributed by atoms with E-state index in [0.717, 1.165) is 42.7 Å². The molecule has 0 bridgehead atoms. The molecule has 4 rings (SSSR count). The Hall–Kier alpha value is -2.57. The number of cyclic esters (lactones) is 1.